The van der Waals surface area contributed by atoms with Crippen LogP contribution in [0.3, 0.4) is 0 Å². The minimum absolute atomic E-state index is 0.0253. The van der Waals surface area contributed by atoms with E-state index in [4.69, 9.17) is 4.74 Å². The van der Waals surface area contributed by atoms with Crippen molar-refractivity contribution in [1.82, 2.24) is 15.8 Å². The molecule has 0 saturated carbocycles. The van der Waals surface area contributed by atoms with Crippen LogP contribution in [0.5, 0.6) is 0 Å². The van der Waals surface area contributed by atoms with Crippen molar-refractivity contribution in [3.8, 4) is 0 Å². The van der Waals surface area contributed by atoms with Gasteiger partial charge in [0.2, 0.25) is 11.8 Å². The van der Waals surface area contributed by atoms with Gasteiger partial charge in [-0.15, -0.1) is 0 Å². The Morgan fingerprint density at radius 1 is 1.07 bits per heavy atom. The van der Waals surface area contributed by atoms with Gasteiger partial charge in [0.05, 0.1) is 11.5 Å². The topological polar surface area (TPSA) is 122 Å². The van der Waals surface area contributed by atoms with Crippen LogP contribution in [0, 0.1) is 11.8 Å². The summed E-state index contributed by atoms with van der Waals surface area (Å²) in [6, 6.07) is 0. The summed E-state index contributed by atoms with van der Waals surface area (Å²) in [4.78, 5) is 37.7. The Balaban J connectivity index is 1.68. The van der Waals surface area contributed by atoms with Crippen molar-refractivity contribution >= 4 is 27.7 Å². The number of hydrazine groups is 1. The Morgan fingerprint density at radius 3 is 2.22 bits per heavy atom. The van der Waals surface area contributed by atoms with E-state index < -0.39 is 21.3 Å². The highest BCUT2D eigenvalue weighted by Gasteiger charge is 2.31. The minimum Gasteiger partial charge on any atom is -0.444 e. The summed E-state index contributed by atoms with van der Waals surface area (Å²) in [6.45, 7) is 6.24. The number of rotatable bonds is 3. The molecule has 0 aromatic carbocycles. The molecular weight excluding hydrogens is 374 g/mol. The second-order valence-electron chi connectivity index (χ2n) is 8.25. The summed E-state index contributed by atoms with van der Waals surface area (Å²) < 4.78 is 28.1. The Kier molecular flexibility index (Phi) is 6.72. The number of nitrogens with zero attached hydrogens (tertiary/aromatic N) is 1. The molecule has 154 valence electrons. The summed E-state index contributed by atoms with van der Waals surface area (Å²) in [5.41, 5.74) is 4.21. The molecule has 1 atom stereocenters. The summed E-state index contributed by atoms with van der Waals surface area (Å²) in [6.07, 6.45) is 1.15. The van der Waals surface area contributed by atoms with Gasteiger partial charge in [-0.2, -0.15) is 0 Å². The molecule has 0 unspecified atom stereocenters. The van der Waals surface area contributed by atoms with Crippen LogP contribution in [0.15, 0.2) is 0 Å². The van der Waals surface area contributed by atoms with Crippen molar-refractivity contribution in [3.63, 3.8) is 0 Å². The van der Waals surface area contributed by atoms with E-state index in [0.29, 0.717) is 32.4 Å². The maximum atomic E-state index is 12.2. The predicted octanol–water partition coefficient (Wildman–Crippen LogP) is 0.606. The number of piperidine rings is 1. The van der Waals surface area contributed by atoms with Gasteiger partial charge in [-0.25, -0.2) is 13.2 Å². The largest absolute Gasteiger partial charge is 0.444 e. The van der Waals surface area contributed by atoms with E-state index in [1.54, 1.807) is 25.7 Å². The lowest BCUT2D eigenvalue weighted by Gasteiger charge is -2.32. The SMILES string of the molecule is CC(C)(C)OC(=O)N1CCC(C(=O)NNC(=O)C[C@H]2CCS(=O)(=O)C2)CC1. The third kappa shape index (κ3) is 7.00. The zero-order valence-corrected chi connectivity index (χ0v) is 16.9. The normalized spacial score (nSPS) is 22.9. The van der Waals surface area contributed by atoms with Crippen LogP contribution in [-0.4, -0.2) is 61.4 Å². The molecule has 3 amide bonds. The number of nitrogens with one attached hydrogen (secondary N) is 2. The molecule has 0 aromatic heterocycles. The van der Waals surface area contributed by atoms with Crippen LogP contribution >= 0.6 is 0 Å². The minimum atomic E-state index is -3.02. The van der Waals surface area contributed by atoms with Crippen molar-refractivity contribution in [1.29, 1.82) is 0 Å². The van der Waals surface area contributed by atoms with E-state index >= 15 is 0 Å². The Labute approximate surface area is 160 Å². The van der Waals surface area contributed by atoms with E-state index in [9.17, 15) is 22.8 Å². The molecule has 2 N–H and O–H groups in total. The monoisotopic (exact) mass is 403 g/mol. The zero-order chi connectivity index (χ0) is 20.2. The average molecular weight is 404 g/mol. The summed E-state index contributed by atoms with van der Waals surface area (Å²) in [5, 5.41) is 0. The molecule has 10 heteroatoms. The van der Waals surface area contributed by atoms with Crippen LogP contribution < -0.4 is 10.9 Å². The molecule has 2 heterocycles. The highest BCUT2D eigenvalue weighted by molar-refractivity contribution is 7.91. The van der Waals surface area contributed by atoms with Crippen LogP contribution in [0.2, 0.25) is 0 Å². The van der Waals surface area contributed by atoms with Crippen molar-refractivity contribution < 1.29 is 27.5 Å². The fraction of sp³-hybridized carbons (Fsp3) is 0.824. The van der Waals surface area contributed by atoms with Crippen molar-refractivity contribution in [2.45, 2.75) is 52.1 Å². The summed E-state index contributed by atoms with van der Waals surface area (Å²) >= 11 is 0. The van der Waals surface area contributed by atoms with Gasteiger partial charge in [-0.05, 0) is 46.0 Å². The fourth-order valence-corrected chi connectivity index (χ4v) is 5.09. The molecule has 0 aromatic rings. The van der Waals surface area contributed by atoms with E-state index in [2.05, 4.69) is 10.9 Å². The van der Waals surface area contributed by atoms with Gasteiger partial charge in [-0.3, -0.25) is 20.4 Å². The molecule has 27 heavy (non-hydrogen) atoms. The lowest BCUT2D eigenvalue weighted by atomic mass is 9.96. The Hall–Kier alpha value is -1.84. The Bertz CT molecular complexity index is 677. The molecule has 2 fully saturated rings. The fourth-order valence-electron chi connectivity index (χ4n) is 3.23. The van der Waals surface area contributed by atoms with E-state index in [1.165, 1.54) is 0 Å². The standard InChI is InChI=1S/C17H29N3O6S/c1-17(2,3)26-16(23)20-7-4-13(5-8-20)15(22)19-18-14(21)10-12-6-9-27(24,25)11-12/h12-13H,4-11H2,1-3H3,(H,18,21)(H,19,22)/t12-/m1/s1. The van der Waals surface area contributed by atoms with Crippen molar-refractivity contribution in [2.24, 2.45) is 11.8 Å². The third-order valence-corrected chi connectivity index (χ3v) is 6.48. The molecule has 0 bridgehead atoms. The molecule has 0 spiro atoms. The molecular formula is C17H29N3O6S. The van der Waals surface area contributed by atoms with Gasteiger partial charge in [-0.1, -0.05) is 0 Å². The van der Waals surface area contributed by atoms with Gasteiger partial charge < -0.3 is 9.64 Å². The lowest BCUT2D eigenvalue weighted by Crippen LogP contribution is -2.49. The predicted molar refractivity (Wildman–Crippen MR) is 98.2 cm³/mol. The second kappa shape index (κ2) is 8.45. The highest BCUT2D eigenvalue weighted by Crippen LogP contribution is 2.22. The number of sulfone groups is 1. The number of amides is 3. The number of carbonyl (C=O) groups excluding carboxylic acids is 3. The van der Waals surface area contributed by atoms with Crippen molar-refractivity contribution in [2.75, 3.05) is 24.6 Å². The van der Waals surface area contributed by atoms with Gasteiger partial charge in [0, 0.05) is 25.4 Å². The maximum Gasteiger partial charge on any atom is 0.410 e. The quantitative estimate of drug-likeness (QED) is 0.666. The van der Waals surface area contributed by atoms with Crippen LogP contribution in [0.25, 0.3) is 0 Å². The number of carbonyl (C=O) groups is 3. The molecule has 9 nitrogen and oxygen atoms in total. The van der Waals surface area contributed by atoms with Crippen molar-refractivity contribution in [3.05, 3.63) is 0 Å². The maximum absolute atomic E-state index is 12.2. The van der Waals surface area contributed by atoms with E-state index in [1.807, 2.05) is 0 Å². The second-order valence-corrected chi connectivity index (χ2v) is 10.5. The number of ether oxygens (including phenoxy) is 1. The van der Waals surface area contributed by atoms with Crippen LogP contribution in [0.4, 0.5) is 4.79 Å². The third-order valence-electron chi connectivity index (χ3n) is 4.64. The molecule has 2 saturated heterocycles. The van der Waals surface area contributed by atoms with E-state index in [-0.39, 0.29) is 41.8 Å². The molecule has 2 aliphatic rings. The van der Waals surface area contributed by atoms with E-state index in [0.717, 1.165) is 0 Å². The Morgan fingerprint density at radius 2 is 1.70 bits per heavy atom. The van der Waals surface area contributed by atoms with Crippen LogP contribution in [0.1, 0.15) is 46.5 Å². The first-order valence-electron chi connectivity index (χ1n) is 9.22. The highest BCUT2D eigenvalue weighted by atomic mass is 32.2. The summed E-state index contributed by atoms with van der Waals surface area (Å²) in [7, 11) is -3.02. The first-order chi connectivity index (χ1) is 12.5. The van der Waals surface area contributed by atoms with Gasteiger partial charge in [0.25, 0.3) is 0 Å². The number of hydrogen-bond donors (Lipinski definition) is 2. The van der Waals surface area contributed by atoms with Gasteiger partial charge in [0.1, 0.15) is 5.60 Å². The summed E-state index contributed by atoms with van der Waals surface area (Å²) in [5.74, 6) is -1.03. The van der Waals surface area contributed by atoms with Crippen LogP contribution in [-0.2, 0) is 24.2 Å². The number of hydrogen-bond acceptors (Lipinski definition) is 6. The molecule has 0 aliphatic carbocycles. The van der Waals surface area contributed by atoms with Gasteiger partial charge >= 0.3 is 6.09 Å². The first-order valence-corrected chi connectivity index (χ1v) is 11.0. The lowest BCUT2D eigenvalue weighted by molar-refractivity contribution is -0.132. The number of likely N-dealkylation sites (tertiary alicyclic amines) is 1. The molecule has 2 aliphatic heterocycles. The average Bonchev–Trinajstić information content (AvgIpc) is 2.89. The smallest absolute Gasteiger partial charge is 0.410 e. The zero-order valence-electron chi connectivity index (χ0n) is 16.1. The van der Waals surface area contributed by atoms with Gasteiger partial charge in [0.15, 0.2) is 9.84 Å². The molecule has 2 rings (SSSR count). The first kappa shape index (κ1) is 21.5. The molecule has 0 radical (unpaired) electrons.